The van der Waals surface area contributed by atoms with Crippen LogP contribution in [0.5, 0.6) is 5.88 Å². The molecule has 0 spiro atoms. The largest absolute Gasteiger partial charge is 0.477 e. The molecule has 25 heavy (non-hydrogen) atoms. The van der Waals surface area contributed by atoms with Crippen molar-refractivity contribution in [3.05, 3.63) is 18.3 Å². The number of nitrogens with zero attached hydrogens (tertiary/aromatic N) is 1. The number of nitrogens with one attached hydrogen (secondary N) is 2. The Labute approximate surface area is 147 Å². The molecule has 1 saturated carbocycles. The summed E-state index contributed by atoms with van der Waals surface area (Å²) in [5.41, 5.74) is 0. The molecule has 1 aromatic heterocycles. The van der Waals surface area contributed by atoms with E-state index in [1.165, 1.54) is 25.3 Å². The van der Waals surface area contributed by atoms with Gasteiger partial charge in [-0.25, -0.2) is 18.1 Å². The maximum Gasteiger partial charge on any atom is 0.269 e. The number of carbonyl (C=O) groups is 2. The van der Waals surface area contributed by atoms with Gasteiger partial charge in [0.25, 0.3) is 15.9 Å². The van der Waals surface area contributed by atoms with Crippen molar-refractivity contribution in [2.24, 2.45) is 5.92 Å². The number of pyridine rings is 1. The average Bonchev–Trinajstić information content (AvgIpc) is 3.09. The Morgan fingerprint density at radius 3 is 2.68 bits per heavy atom. The third kappa shape index (κ3) is 4.91. The van der Waals surface area contributed by atoms with E-state index < -0.39 is 22.0 Å². The van der Waals surface area contributed by atoms with E-state index in [0.29, 0.717) is 0 Å². The molecule has 2 amide bonds. The highest BCUT2D eigenvalue weighted by molar-refractivity contribution is 7.90. The zero-order valence-corrected chi connectivity index (χ0v) is 15.1. The van der Waals surface area contributed by atoms with Crippen LogP contribution in [-0.4, -0.2) is 37.9 Å². The van der Waals surface area contributed by atoms with Gasteiger partial charge in [-0.05, 0) is 38.8 Å². The number of carbonyl (C=O) groups excluding carboxylic acids is 2. The molecule has 0 radical (unpaired) electrons. The summed E-state index contributed by atoms with van der Waals surface area (Å²) in [5.74, 6) is -1.20. The predicted octanol–water partition coefficient (Wildman–Crippen LogP) is 0.980. The molecule has 0 bridgehead atoms. The SMILES string of the molecule is CCOc1ncccc1S(=O)(=O)NC(=O)C(C)NC(=O)C1CCCC1. The fourth-order valence-corrected chi connectivity index (χ4v) is 3.84. The van der Waals surface area contributed by atoms with Gasteiger partial charge in [0.15, 0.2) is 0 Å². The van der Waals surface area contributed by atoms with Gasteiger partial charge < -0.3 is 10.1 Å². The number of hydrogen-bond donors (Lipinski definition) is 2. The molecule has 2 N–H and O–H groups in total. The van der Waals surface area contributed by atoms with Crippen molar-refractivity contribution in [1.82, 2.24) is 15.0 Å². The molecule has 1 aliphatic carbocycles. The minimum atomic E-state index is -4.15. The second-order valence-electron chi connectivity index (χ2n) is 5.92. The summed E-state index contributed by atoms with van der Waals surface area (Å²) in [6, 6.07) is 1.78. The highest BCUT2D eigenvalue weighted by Gasteiger charge is 2.28. The molecule has 2 rings (SSSR count). The van der Waals surface area contributed by atoms with Crippen molar-refractivity contribution in [2.75, 3.05) is 6.61 Å². The van der Waals surface area contributed by atoms with Crippen molar-refractivity contribution >= 4 is 21.8 Å². The van der Waals surface area contributed by atoms with E-state index in [2.05, 4.69) is 10.3 Å². The first-order valence-corrected chi connectivity index (χ1v) is 9.78. The number of ether oxygens (including phenoxy) is 1. The minimum absolute atomic E-state index is 0.0760. The average molecular weight is 369 g/mol. The van der Waals surface area contributed by atoms with Crippen molar-refractivity contribution in [2.45, 2.75) is 50.5 Å². The van der Waals surface area contributed by atoms with E-state index >= 15 is 0 Å². The summed E-state index contributed by atoms with van der Waals surface area (Å²) >= 11 is 0. The highest BCUT2D eigenvalue weighted by atomic mass is 32.2. The third-order valence-electron chi connectivity index (χ3n) is 4.02. The number of amides is 2. The Morgan fingerprint density at radius 1 is 1.36 bits per heavy atom. The van der Waals surface area contributed by atoms with Gasteiger partial charge in [0.2, 0.25) is 11.8 Å². The normalized spacial score (nSPS) is 16.2. The van der Waals surface area contributed by atoms with Gasteiger partial charge in [-0.3, -0.25) is 9.59 Å². The standard InChI is InChI=1S/C16H23N3O5S/c1-3-24-16-13(9-6-10-17-16)25(22,23)19-14(20)11(2)18-15(21)12-7-4-5-8-12/h6,9-12H,3-5,7-8H2,1-2H3,(H,18,21)(H,19,20). The van der Waals surface area contributed by atoms with Crippen LogP contribution in [0.2, 0.25) is 0 Å². The van der Waals surface area contributed by atoms with Crippen LogP contribution >= 0.6 is 0 Å². The lowest BCUT2D eigenvalue weighted by atomic mass is 10.1. The van der Waals surface area contributed by atoms with Crippen LogP contribution in [0.3, 0.4) is 0 Å². The smallest absolute Gasteiger partial charge is 0.269 e. The Morgan fingerprint density at radius 2 is 2.04 bits per heavy atom. The van der Waals surface area contributed by atoms with Crippen LogP contribution in [0.4, 0.5) is 0 Å². The summed E-state index contributed by atoms with van der Waals surface area (Å²) in [7, 11) is -4.15. The van der Waals surface area contributed by atoms with Gasteiger partial charge in [0, 0.05) is 12.1 Å². The monoisotopic (exact) mass is 369 g/mol. The van der Waals surface area contributed by atoms with Gasteiger partial charge in [0.1, 0.15) is 10.9 Å². The Balaban J connectivity index is 2.04. The molecule has 0 saturated heterocycles. The van der Waals surface area contributed by atoms with Gasteiger partial charge in [0.05, 0.1) is 6.61 Å². The molecule has 1 atom stereocenters. The van der Waals surface area contributed by atoms with Gasteiger partial charge >= 0.3 is 0 Å². The Bertz CT molecular complexity index is 729. The van der Waals surface area contributed by atoms with E-state index in [1.807, 2.05) is 4.72 Å². The van der Waals surface area contributed by atoms with Crippen LogP contribution in [-0.2, 0) is 19.6 Å². The summed E-state index contributed by atoms with van der Waals surface area (Å²) in [6.07, 6.45) is 4.98. The predicted molar refractivity (Wildman–Crippen MR) is 90.3 cm³/mol. The number of aromatic nitrogens is 1. The summed E-state index contributed by atoms with van der Waals surface area (Å²) in [4.78, 5) is 27.9. The molecule has 1 unspecified atom stereocenters. The molecule has 1 aliphatic rings. The first kappa shape index (κ1) is 19.2. The quantitative estimate of drug-likeness (QED) is 0.740. The Hall–Kier alpha value is -2.16. The summed E-state index contributed by atoms with van der Waals surface area (Å²) < 4.78 is 32.0. The van der Waals surface area contributed by atoms with E-state index in [9.17, 15) is 18.0 Å². The molecule has 1 fully saturated rings. The van der Waals surface area contributed by atoms with Crippen molar-refractivity contribution in [3.63, 3.8) is 0 Å². The number of rotatable bonds is 7. The van der Waals surface area contributed by atoms with Crippen molar-refractivity contribution < 1.29 is 22.7 Å². The van der Waals surface area contributed by atoms with Crippen LogP contribution in [0, 0.1) is 5.92 Å². The lowest BCUT2D eigenvalue weighted by molar-refractivity contribution is -0.129. The molecule has 8 nitrogen and oxygen atoms in total. The maximum absolute atomic E-state index is 12.4. The van der Waals surface area contributed by atoms with Crippen LogP contribution in [0.15, 0.2) is 23.2 Å². The number of sulfonamides is 1. The summed E-state index contributed by atoms with van der Waals surface area (Å²) in [5, 5.41) is 2.57. The highest BCUT2D eigenvalue weighted by Crippen LogP contribution is 2.25. The lowest BCUT2D eigenvalue weighted by Gasteiger charge is -2.17. The van der Waals surface area contributed by atoms with Gasteiger partial charge in [-0.1, -0.05) is 12.8 Å². The molecule has 1 aromatic rings. The fraction of sp³-hybridized carbons (Fsp3) is 0.562. The van der Waals surface area contributed by atoms with E-state index in [-0.39, 0.29) is 29.2 Å². The van der Waals surface area contributed by atoms with Crippen molar-refractivity contribution in [1.29, 1.82) is 0 Å². The molecular formula is C16H23N3O5S. The lowest BCUT2D eigenvalue weighted by Crippen LogP contribution is -2.48. The zero-order valence-electron chi connectivity index (χ0n) is 14.3. The van der Waals surface area contributed by atoms with Crippen LogP contribution < -0.4 is 14.8 Å². The van der Waals surface area contributed by atoms with Crippen molar-refractivity contribution in [3.8, 4) is 5.88 Å². The number of hydrogen-bond acceptors (Lipinski definition) is 6. The van der Waals surface area contributed by atoms with Gasteiger partial charge in [-0.2, -0.15) is 0 Å². The van der Waals surface area contributed by atoms with Crippen LogP contribution in [0.25, 0.3) is 0 Å². The molecule has 138 valence electrons. The van der Waals surface area contributed by atoms with E-state index in [1.54, 1.807) is 6.92 Å². The molecule has 0 aromatic carbocycles. The fourth-order valence-electron chi connectivity index (χ4n) is 2.69. The second-order valence-corrected chi connectivity index (χ2v) is 7.57. The summed E-state index contributed by atoms with van der Waals surface area (Å²) in [6.45, 7) is 3.38. The van der Waals surface area contributed by atoms with Gasteiger partial charge in [-0.15, -0.1) is 0 Å². The third-order valence-corrected chi connectivity index (χ3v) is 5.38. The van der Waals surface area contributed by atoms with E-state index in [0.717, 1.165) is 25.7 Å². The van der Waals surface area contributed by atoms with E-state index in [4.69, 9.17) is 4.74 Å². The maximum atomic E-state index is 12.4. The minimum Gasteiger partial charge on any atom is -0.477 e. The Kier molecular flexibility index (Phi) is 6.35. The van der Waals surface area contributed by atoms with Crippen LogP contribution in [0.1, 0.15) is 39.5 Å². The second kappa shape index (κ2) is 8.28. The molecule has 9 heteroatoms. The molecule has 1 heterocycles. The molecular weight excluding hydrogens is 346 g/mol. The molecule has 0 aliphatic heterocycles. The first-order valence-electron chi connectivity index (χ1n) is 8.30. The zero-order chi connectivity index (χ0) is 18.4. The first-order chi connectivity index (χ1) is 11.8. The topological polar surface area (TPSA) is 114 Å².